The fourth-order valence-electron chi connectivity index (χ4n) is 1.63. The number of amides is 3. The SMILES string of the molecule is C=CC(=O)N(C)c1c(I)c(C(N)=O)c(I)c(C(N)=O)c1I. The number of benzene rings is 1. The Morgan fingerprint density at radius 1 is 1.00 bits per heavy atom. The van der Waals surface area contributed by atoms with Crippen LogP contribution in [-0.4, -0.2) is 24.8 Å². The number of nitrogens with two attached hydrogens (primary N) is 2. The molecule has 0 spiro atoms. The van der Waals surface area contributed by atoms with E-state index in [2.05, 4.69) is 6.58 Å². The van der Waals surface area contributed by atoms with Crippen LogP contribution in [0.1, 0.15) is 20.7 Å². The lowest BCUT2D eigenvalue weighted by atomic mass is 10.1. The number of anilines is 1. The third-order valence-corrected chi connectivity index (χ3v) is 5.81. The first kappa shape index (κ1) is 18.6. The second-order valence-corrected chi connectivity index (χ2v) is 7.11. The minimum atomic E-state index is -0.691. The smallest absolute Gasteiger partial charge is 0.250 e. The first-order valence-corrected chi connectivity index (χ1v) is 8.58. The molecule has 0 aliphatic rings. The van der Waals surface area contributed by atoms with Gasteiger partial charge in [0, 0.05) is 10.6 Å². The Morgan fingerprint density at radius 2 is 1.38 bits per heavy atom. The van der Waals surface area contributed by atoms with Crippen LogP contribution in [0.3, 0.4) is 0 Å². The van der Waals surface area contributed by atoms with E-state index in [-0.39, 0.29) is 17.0 Å². The van der Waals surface area contributed by atoms with Crippen molar-refractivity contribution in [2.45, 2.75) is 0 Å². The molecule has 1 aromatic carbocycles. The standard InChI is InChI=1S/C12H10I3N3O3/c1-3-4(19)18(2)10-8(14)5(11(16)20)7(13)6(9(10)15)12(17)21/h3H,1H2,2H3,(H2,16,20)(H2,17,21). The van der Waals surface area contributed by atoms with Crippen LogP contribution in [0.25, 0.3) is 0 Å². The van der Waals surface area contributed by atoms with Gasteiger partial charge in [-0.05, 0) is 73.8 Å². The topological polar surface area (TPSA) is 106 Å². The van der Waals surface area contributed by atoms with Crippen molar-refractivity contribution in [2.75, 3.05) is 11.9 Å². The van der Waals surface area contributed by atoms with Crippen molar-refractivity contribution >= 4 is 91.2 Å². The molecule has 0 saturated carbocycles. The molecule has 1 aromatic rings. The molecule has 4 N–H and O–H groups in total. The van der Waals surface area contributed by atoms with Gasteiger partial charge >= 0.3 is 0 Å². The molecular weight excluding hydrogens is 615 g/mol. The molecule has 112 valence electrons. The van der Waals surface area contributed by atoms with Gasteiger partial charge in [-0.15, -0.1) is 0 Å². The highest BCUT2D eigenvalue weighted by atomic mass is 127. The van der Waals surface area contributed by atoms with Crippen molar-refractivity contribution in [2.24, 2.45) is 11.5 Å². The van der Waals surface area contributed by atoms with E-state index in [0.717, 1.165) is 6.08 Å². The fourth-order valence-corrected chi connectivity index (χ4v) is 6.58. The minimum Gasteiger partial charge on any atom is -0.366 e. The largest absolute Gasteiger partial charge is 0.366 e. The lowest BCUT2D eigenvalue weighted by molar-refractivity contribution is -0.113. The molecule has 21 heavy (non-hydrogen) atoms. The van der Waals surface area contributed by atoms with E-state index >= 15 is 0 Å². The lowest BCUT2D eigenvalue weighted by Crippen LogP contribution is -2.30. The number of hydrogen-bond acceptors (Lipinski definition) is 3. The Hall–Kier alpha value is -0.440. The Labute approximate surface area is 162 Å². The summed E-state index contributed by atoms with van der Waals surface area (Å²) in [5.74, 6) is -1.76. The molecule has 9 heteroatoms. The van der Waals surface area contributed by atoms with Crippen molar-refractivity contribution in [1.82, 2.24) is 0 Å². The second-order valence-electron chi connectivity index (χ2n) is 3.87. The molecule has 0 bridgehead atoms. The predicted molar refractivity (Wildman–Crippen MR) is 105 cm³/mol. The summed E-state index contributed by atoms with van der Waals surface area (Å²) in [4.78, 5) is 36.5. The average molecular weight is 625 g/mol. The molecule has 0 aromatic heterocycles. The van der Waals surface area contributed by atoms with E-state index in [4.69, 9.17) is 11.5 Å². The van der Waals surface area contributed by atoms with Crippen molar-refractivity contribution in [3.05, 3.63) is 34.5 Å². The molecule has 0 radical (unpaired) electrons. The summed E-state index contributed by atoms with van der Waals surface area (Å²) in [6, 6.07) is 0. The maximum atomic E-state index is 11.8. The van der Waals surface area contributed by atoms with E-state index in [1.54, 1.807) is 0 Å². The number of likely N-dealkylation sites (N-methyl/N-ethyl adjacent to an activating group) is 1. The Kier molecular flexibility index (Phi) is 6.39. The van der Waals surface area contributed by atoms with Gasteiger partial charge < -0.3 is 16.4 Å². The molecule has 6 nitrogen and oxygen atoms in total. The number of halogens is 3. The monoisotopic (exact) mass is 625 g/mol. The van der Waals surface area contributed by atoms with Crippen molar-refractivity contribution in [1.29, 1.82) is 0 Å². The minimum absolute atomic E-state index is 0.170. The molecule has 0 aliphatic carbocycles. The van der Waals surface area contributed by atoms with Gasteiger partial charge in [0.05, 0.1) is 24.0 Å². The summed E-state index contributed by atoms with van der Waals surface area (Å²) in [5, 5.41) is 0. The highest BCUT2D eigenvalue weighted by Crippen LogP contribution is 2.37. The van der Waals surface area contributed by atoms with Crippen LogP contribution in [0.4, 0.5) is 5.69 Å². The lowest BCUT2D eigenvalue weighted by Gasteiger charge is -2.23. The second kappa shape index (κ2) is 7.21. The van der Waals surface area contributed by atoms with Crippen LogP contribution < -0.4 is 16.4 Å². The zero-order valence-electron chi connectivity index (χ0n) is 10.7. The third-order valence-electron chi connectivity index (χ3n) is 2.63. The molecule has 0 unspecified atom stereocenters. The van der Waals surface area contributed by atoms with E-state index in [9.17, 15) is 14.4 Å². The van der Waals surface area contributed by atoms with Gasteiger partial charge in [0.1, 0.15) is 0 Å². The number of hydrogen-bond donors (Lipinski definition) is 2. The van der Waals surface area contributed by atoms with Crippen LogP contribution in [0.2, 0.25) is 0 Å². The summed E-state index contributed by atoms with van der Waals surface area (Å²) in [6.07, 6.45) is 1.14. The summed E-state index contributed by atoms with van der Waals surface area (Å²) < 4.78 is 1.35. The summed E-state index contributed by atoms with van der Waals surface area (Å²) >= 11 is 5.70. The normalized spacial score (nSPS) is 10.1. The summed E-state index contributed by atoms with van der Waals surface area (Å²) in [6.45, 7) is 3.42. The molecule has 0 saturated heterocycles. The number of nitrogens with zero attached hydrogens (tertiary/aromatic N) is 1. The van der Waals surface area contributed by atoms with Crippen molar-refractivity contribution in [3.8, 4) is 0 Å². The maximum absolute atomic E-state index is 11.8. The number of carbonyl (C=O) groups excluding carboxylic acids is 3. The van der Waals surface area contributed by atoms with E-state index in [1.807, 2.05) is 67.8 Å². The molecule has 0 aliphatic heterocycles. The highest BCUT2D eigenvalue weighted by Gasteiger charge is 2.28. The number of carbonyl (C=O) groups is 3. The van der Waals surface area contributed by atoms with Gasteiger partial charge in [-0.3, -0.25) is 14.4 Å². The first-order valence-electron chi connectivity index (χ1n) is 5.35. The van der Waals surface area contributed by atoms with Gasteiger partial charge in [0.25, 0.3) is 11.8 Å². The third kappa shape index (κ3) is 3.49. The average Bonchev–Trinajstić information content (AvgIpc) is 2.36. The van der Waals surface area contributed by atoms with Crippen molar-refractivity contribution in [3.63, 3.8) is 0 Å². The Balaban J connectivity index is 3.88. The first-order chi connectivity index (χ1) is 9.64. The zero-order valence-corrected chi connectivity index (χ0v) is 17.2. The van der Waals surface area contributed by atoms with Crippen LogP contribution in [-0.2, 0) is 4.79 Å². The van der Waals surface area contributed by atoms with Gasteiger partial charge in [-0.1, -0.05) is 6.58 Å². The van der Waals surface area contributed by atoms with E-state index in [1.165, 1.54) is 11.9 Å². The molecule has 3 amide bonds. The van der Waals surface area contributed by atoms with Gasteiger partial charge in [-0.25, -0.2) is 0 Å². The summed E-state index contributed by atoms with van der Waals surface area (Å²) in [5.41, 5.74) is 11.5. The molecule has 0 heterocycles. The molecule has 0 fully saturated rings. The van der Waals surface area contributed by atoms with Gasteiger partial charge in [-0.2, -0.15) is 0 Å². The van der Waals surface area contributed by atoms with Crippen LogP contribution >= 0.6 is 67.8 Å². The summed E-state index contributed by atoms with van der Waals surface area (Å²) in [7, 11) is 1.52. The van der Waals surface area contributed by atoms with Crippen LogP contribution in [0.5, 0.6) is 0 Å². The van der Waals surface area contributed by atoms with E-state index < -0.39 is 11.8 Å². The maximum Gasteiger partial charge on any atom is 0.250 e. The Morgan fingerprint density at radius 3 is 1.67 bits per heavy atom. The number of rotatable bonds is 4. The Bertz CT molecular complexity index is 632. The number of primary amides is 2. The van der Waals surface area contributed by atoms with E-state index in [0.29, 0.717) is 16.4 Å². The molecular formula is C12H10I3N3O3. The predicted octanol–water partition coefficient (Wildman–Crippen LogP) is 1.85. The van der Waals surface area contributed by atoms with Gasteiger partial charge in [0.2, 0.25) is 5.91 Å². The van der Waals surface area contributed by atoms with Crippen LogP contribution in [0, 0.1) is 10.7 Å². The zero-order chi connectivity index (χ0) is 16.5. The van der Waals surface area contributed by atoms with Gasteiger partial charge in [0.15, 0.2) is 0 Å². The van der Waals surface area contributed by atoms with Crippen LogP contribution in [0.15, 0.2) is 12.7 Å². The van der Waals surface area contributed by atoms with Crippen molar-refractivity contribution < 1.29 is 14.4 Å². The molecule has 1 rings (SSSR count). The molecule has 0 atom stereocenters. The highest BCUT2D eigenvalue weighted by molar-refractivity contribution is 14.1. The fraction of sp³-hybridized carbons (Fsp3) is 0.0833. The quantitative estimate of drug-likeness (QED) is 0.395.